The molecule has 0 spiro atoms. The maximum absolute atomic E-state index is 13.1. The summed E-state index contributed by atoms with van der Waals surface area (Å²) in [5.74, 6) is 1.70. The van der Waals surface area contributed by atoms with E-state index in [9.17, 15) is 9.59 Å². The molecule has 5 aliphatic rings. The lowest BCUT2D eigenvalue weighted by Gasteiger charge is -2.56. The lowest BCUT2D eigenvalue weighted by Crippen LogP contribution is -2.50. The molecule has 0 aromatic carbocycles. The first-order valence-electron chi connectivity index (χ1n) is 10.9. The van der Waals surface area contributed by atoms with E-state index in [1.165, 1.54) is 31.3 Å². The van der Waals surface area contributed by atoms with Crippen LogP contribution in [-0.2, 0) is 9.59 Å². The number of carbonyl (C=O) groups is 2. The fourth-order valence-corrected chi connectivity index (χ4v) is 8.35. The molecule has 1 unspecified atom stereocenters. The number of rotatable bonds is 2. The van der Waals surface area contributed by atoms with E-state index in [-0.39, 0.29) is 16.7 Å². The fraction of sp³-hybridized carbons (Fsp3) is 0.750. The van der Waals surface area contributed by atoms with Gasteiger partial charge in [0.05, 0.1) is 0 Å². The van der Waals surface area contributed by atoms with E-state index in [1.54, 1.807) is 11.1 Å². The second-order valence-electron chi connectivity index (χ2n) is 10.1. The Morgan fingerprint density at radius 3 is 2.58 bits per heavy atom. The molecule has 3 saturated carbocycles. The first kappa shape index (κ1) is 17.0. The third-order valence-electron chi connectivity index (χ3n) is 9.78. The van der Waals surface area contributed by atoms with Crippen LogP contribution in [0.2, 0.25) is 0 Å². The van der Waals surface area contributed by atoms with Crippen LogP contribution in [0.3, 0.4) is 0 Å². The van der Waals surface area contributed by atoms with Gasteiger partial charge in [0, 0.05) is 17.8 Å². The highest BCUT2D eigenvalue weighted by Gasteiger charge is 2.74. The average Bonchev–Trinajstić information content (AvgIpc) is 3.06. The maximum Gasteiger partial charge on any atom is 0.159 e. The SMILES string of the molecule is CCC(=O)C12CCC3(CC1)[C@@H]1CCC4=CC(=O)C(C)CC4=C1CC[C@]23C. The van der Waals surface area contributed by atoms with Crippen LogP contribution in [0.15, 0.2) is 22.8 Å². The van der Waals surface area contributed by atoms with E-state index < -0.39 is 0 Å². The highest BCUT2D eigenvalue weighted by atomic mass is 16.1. The van der Waals surface area contributed by atoms with Gasteiger partial charge in [-0.25, -0.2) is 0 Å². The Balaban J connectivity index is 1.62. The van der Waals surface area contributed by atoms with Gasteiger partial charge in [0.25, 0.3) is 0 Å². The molecule has 5 aliphatic carbocycles. The van der Waals surface area contributed by atoms with Crippen LogP contribution in [0, 0.1) is 28.1 Å². The summed E-state index contributed by atoms with van der Waals surface area (Å²) in [4.78, 5) is 25.2. The van der Waals surface area contributed by atoms with Crippen LogP contribution in [0.1, 0.15) is 85.0 Å². The monoisotopic (exact) mass is 352 g/mol. The van der Waals surface area contributed by atoms with Gasteiger partial charge in [-0.1, -0.05) is 26.3 Å². The number of carbonyl (C=O) groups excluding carboxylic acids is 2. The van der Waals surface area contributed by atoms with Gasteiger partial charge in [-0.15, -0.1) is 0 Å². The molecule has 5 rings (SSSR count). The average molecular weight is 353 g/mol. The normalized spacial score (nSPS) is 46.6. The Morgan fingerprint density at radius 2 is 1.88 bits per heavy atom. The molecule has 3 fully saturated rings. The number of allylic oxidation sites excluding steroid dienone is 4. The number of hydrogen-bond donors (Lipinski definition) is 0. The third-order valence-corrected chi connectivity index (χ3v) is 9.78. The van der Waals surface area contributed by atoms with Gasteiger partial charge >= 0.3 is 0 Å². The van der Waals surface area contributed by atoms with Crippen LogP contribution in [-0.4, -0.2) is 11.6 Å². The number of Topliss-reactive ketones (excluding diaryl/α,β-unsaturated/α-hetero) is 1. The molecule has 2 bridgehead atoms. The van der Waals surface area contributed by atoms with Crippen molar-refractivity contribution in [2.24, 2.45) is 28.1 Å². The topological polar surface area (TPSA) is 34.1 Å². The molecule has 140 valence electrons. The Morgan fingerprint density at radius 1 is 1.15 bits per heavy atom. The molecular weight excluding hydrogens is 320 g/mol. The van der Waals surface area contributed by atoms with E-state index in [4.69, 9.17) is 0 Å². The van der Waals surface area contributed by atoms with Gasteiger partial charge in [-0.3, -0.25) is 9.59 Å². The predicted octanol–water partition coefficient (Wildman–Crippen LogP) is 5.57. The van der Waals surface area contributed by atoms with Gasteiger partial charge in [0.1, 0.15) is 5.78 Å². The summed E-state index contributed by atoms with van der Waals surface area (Å²) < 4.78 is 0. The quantitative estimate of drug-likeness (QED) is 0.651. The van der Waals surface area contributed by atoms with Crippen LogP contribution in [0.5, 0.6) is 0 Å². The molecule has 0 saturated heterocycles. The highest BCUT2D eigenvalue weighted by Crippen LogP contribution is 2.80. The minimum Gasteiger partial charge on any atom is -0.299 e. The lowest BCUT2D eigenvalue weighted by atomic mass is 9.48. The van der Waals surface area contributed by atoms with Crippen molar-refractivity contribution in [2.45, 2.75) is 85.0 Å². The van der Waals surface area contributed by atoms with Crippen LogP contribution >= 0.6 is 0 Å². The van der Waals surface area contributed by atoms with Crippen molar-refractivity contribution >= 4 is 11.6 Å². The predicted molar refractivity (Wildman–Crippen MR) is 103 cm³/mol. The first-order valence-corrected chi connectivity index (χ1v) is 10.9. The van der Waals surface area contributed by atoms with Crippen molar-refractivity contribution in [1.29, 1.82) is 0 Å². The zero-order chi connectivity index (χ0) is 18.3. The summed E-state index contributed by atoms with van der Waals surface area (Å²) in [6, 6.07) is 0. The fourth-order valence-electron chi connectivity index (χ4n) is 8.35. The maximum atomic E-state index is 13.1. The Labute approximate surface area is 157 Å². The molecule has 0 aliphatic heterocycles. The summed E-state index contributed by atoms with van der Waals surface area (Å²) in [6.07, 6.45) is 13.0. The number of hydrogen-bond acceptors (Lipinski definition) is 2. The largest absolute Gasteiger partial charge is 0.299 e. The molecule has 0 aromatic rings. The molecule has 3 atom stereocenters. The van der Waals surface area contributed by atoms with Crippen molar-refractivity contribution < 1.29 is 9.59 Å². The zero-order valence-electron chi connectivity index (χ0n) is 16.6. The highest BCUT2D eigenvalue weighted by molar-refractivity contribution is 5.94. The van der Waals surface area contributed by atoms with E-state index in [0.717, 1.165) is 32.1 Å². The van der Waals surface area contributed by atoms with Gasteiger partial charge < -0.3 is 0 Å². The Kier molecular flexibility index (Phi) is 3.39. The Bertz CT molecular complexity index is 759. The third kappa shape index (κ3) is 1.71. The molecule has 0 radical (unpaired) electrons. The van der Waals surface area contributed by atoms with Crippen LogP contribution < -0.4 is 0 Å². The van der Waals surface area contributed by atoms with E-state index in [0.29, 0.717) is 29.3 Å². The summed E-state index contributed by atoms with van der Waals surface area (Å²) in [7, 11) is 0. The smallest absolute Gasteiger partial charge is 0.159 e. The molecule has 2 nitrogen and oxygen atoms in total. The molecular formula is C24H32O2. The molecule has 0 amide bonds. The van der Waals surface area contributed by atoms with E-state index >= 15 is 0 Å². The van der Waals surface area contributed by atoms with Crippen molar-refractivity contribution in [3.63, 3.8) is 0 Å². The van der Waals surface area contributed by atoms with Crippen LogP contribution in [0.25, 0.3) is 0 Å². The van der Waals surface area contributed by atoms with Gasteiger partial charge in [0.15, 0.2) is 5.78 Å². The summed E-state index contributed by atoms with van der Waals surface area (Å²) in [5, 5.41) is 0. The lowest BCUT2D eigenvalue weighted by molar-refractivity contribution is -0.136. The molecule has 0 N–H and O–H groups in total. The van der Waals surface area contributed by atoms with Crippen LogP contribution in [0.4, 0.5) is 0 Å². The molecule has 0 heterocycles. The second-order valence-corrected chi connectivity index (χ2v) is 10.1. The minimum absolute atomic E-state index is 0.0239. The summed E-state index contributed by atoms with van der Waals surface area (Å²) >= 11 is 0. The van der Waals surface area contributed by atoms with Gasteiger partial charge in [-0.2, -0.15) is 0 Å². The summed E-state index contributed by atoms with van der Waals surface area (Å²) in [6.45, 7) is 6.64. The zero-order valence-corrected chi connectivity index (χ0v) is 16.6. The standard InChI is InChI=1S/C24H32O2/c1-4-21(26)24-11-9-23(10-12-24)19-6-5-16-14-20(25)15(2)13-18(16)17(19)7-8-22(23,24)3/h14-15,19H,4-13H2,1-3H3/t15?,19-,22+,23?,24?/m1/s1. The molecule has 0 aromatic heterocycles. The molecule has 2 heteroatoms. The first-order chi connectivity index (χ1) is 12.4. The minimum atomic E-state index is -0.0239. The van der Waals surface area contributed by atoms with E-state index in [2.05, 4.69) is 20.8 Å². The van der Waals surface area contributed by atoms with Gasteiger partial charge in [-0.05, 0) is 91.8 Å². The van der Waals surface area contributed by atoms with Crippen molar-refractivity contribution in [3.05, 3.63) is 22.8 Å². The van der Waals surface area contributed by atoms with Gasteiger partial charge in [0.2, 0.25) is 0 Å². The Hall–Kier alpha value is -1.18. The second kappa shape index (κ2) is 5.20. The van der Waals surface area contributed by atoms with Crippen molar-refractivity contribution in [1.82, 2.24) is 0 Å². The van der Waals surface area contributed by atoms with Crippen molar-refractivity contribution in [2.75, 3.05) is 0 Å². The molecule has 26 heavy (non-hydrogen) atoms. The number of fused-ring (bicyclic) bond motifs is 2. The van der Waals surface area contributed by atoms with E-state index in [1.807, 2.05) is 6.08 Å². The van der Waals surface area contributed by atoms with Crippen molar-refractivity contribution in [3.8, 4) is 0 Å². The number of ketones is 2. The summed E-state index contributed by atoms with van der Waals surface area (Å²) in [5.41, 5.74) is 5.14.